The van der Waals surface area contributed by atoms with Crippen molar-refractivity contribution in [1.82, 2.24) is 14.6 Å². The van der Waals surface area contributed by atoms with Crippen LogP contribution in [0.3, 0.4) is 0 Å². The minimum Gasteiger partial charge on any atom is -0.319 e. The summed E-state index contributed by atoms with van der Waals surface area (Å²) in [6.07, 6.45) is 6.14. The maximum absolute atomic E-state index is 13.7. The molecule has 1 amide bonds. The molecule has 0 fully saturated rings. The first-order valence-electron chi connectivity index (χ1n) is 5.69. The molecule has 2 aromatic heterocycles. The fourth-order valence-electron chi connectivity index (χ4n) is 1.79. The summed E-state index contributed by atoms with van der Waals surface area (Å²) >= 11 is 3.16. The Morgan fingerprint density at radius 2 is 2.20 bits per heavy atom. The molecule has 1 aromatic carbocycles. The van der Waals surface area contributed by atoms with Gasteiger partial charge in [-0.15, -0.1) is 0 Å². The number of nitrogens with zero attached hydrogens (tertiary/aromatic N) is 3. The van der Waals surface area contributed by atoms with E-state index in [4.69, 9.17) is 0 Å². The van der Waals surface area contributed by atoms with E-state index in [1.165, 1.54) is 29.0 Å². The van der Waals surface area contributed by atoms with Gasteiger partial charge in [-0.25, -0.2) is 8.91 Å². The number of halogens is 2. The van der Waals surface area contributed by atoms with Gasteiger partial charge < -0.3 is 5.32 Å². The zero-order chi connectivity index (χ0) is 14.1. The number of carbonyl (C=O) groups excluding carboxylic acids is 1. The maximum atomic E-state index is 13.7. The largest absolute Gasteiger partial charge is 0.319 e. The van der Waals surface area contributed by atoms with Crippen molar-refractivity contribution in [3.8, 4) is 0 Å². The zero-order valence-electron chi connectivity index (χ0n) is 10.0. The smallest absolute Gasteiger partial charge is 0.259 e. The van der Waals surface area contributed by atoms with E-state index in [0.29, 0.717) is 15.6 Å². The Morgan fingerprint density at radius 3 is 3.00 bits per heavy atom. The fraction of sp³-hybridized carbons (Fsp3) is 0. The zero-order valence-corrected chi connectivity index (χ0v) is 11.6. The van der Waals surface area contributed by atoms with Crippen LogP contribution in [-0.4, -0.2) is 20.5 Å². The highest BCUT2D eigenvalue weighted by Gasteiger charge is 2.14. The lowest BCUT2D eigenvalue weighted by molar-refractivity contribution is 0.102. The van der Waals surface area contributed by atoms with Crippen LogP contribution in [0.15, 0.2) is 47.5 Å². The highest BCUT2D eigenvalue weighted by Crippen LogP contribution is 2.20. The molecular formula is C13H8BrFN4O. The third-order valence-corrected chi connectivity index (χ3v) is 3.24. The van der Waals surface area contributed by atoms with Crippen LogP contribution in [0.1, 0.15) is 10.4 Å². The normalized spacial score (nSPS) is 10.7. The van der Waals surface area contributed by atoms with E-state index >= 15 is 0 Å². The average Bonchev–Trinajstić information content (AvgIpc) is 2.86. The molecule has 1 N–H and O–H groups in total. The molecule has 20 heavy (non-hydrogen) atoms. The van der Waals surface area contributed by atoms with E-state index in [1.54, 1.807) is 18.5 Å². The van der Waals surface area contributed by atoms with Gasteiger partial charge in [0.1, 0.15) is 5.82 Å². The first-order chi connectivity index (χ1) is 9.65. The topological polar surface area (TPSA) is 59.3 Å². The Kier molecular flexibility index (Phi) is 3.19. The minimum absolute atomic E-state index is 0.112. The summed E-state index contributed by atoms with van der Waals surface area (Å²) in [4.78, 5) is 16.1. The number of carbonyl (C=O) groups is 1. The lowest BCUT2D eigenvalue weighted by Gasteiger charge is -2.05. The van der Waals surface area contributed by atoms with Gasteiger partial charge in [0.05, 0.1) is 29.2 Å². The van der Waals surface area contributed by atoms with Crippen molar-refractivity contribution in [3.05, 3.63) is 58.8 Å². The van der Waals surface area contributed by atoms with Crippen LogP contribution in [0, 0.1) is 5.82 Å². The summed E-state index contributed by atoms with van der Waals surface area (Å²) < 4.78 is 15.8. The molecule has 7 heteroatoms. The van der Waals surface area contributed by atoms with Gasteiger partial charge >= 0.3 is 0 Å². The summed E-state index contributed by atoms with van der Waals surface area (Å²) in [6, 6.07) is 4.42. The number of hydrogen-bond acceptors (Lipinski definition) is 3. The molecule has 0 aliphatic carbocycles. The number of benzene rings is 1. The highest BCUT2D eigenvalue weighted by molar-refractivity contribution is 9.10. The molecule has 0 atom stereocenters. The maximum Gasteiger partial charge on any atom is 0.259 e. The first-order valence-corrected chi connectivity index (χ1v) is 6.48. The van der Waals surface area contributed by atoms with E-state index in [1.807, 2.05) is 0 Å². The quantitative estimate of drug-likeness (QED) is 0.783. The molecule has 0 unspecified atom stereocenters. The molecular weight excluding hydrogens is 327 g/mol. The minimum atomic E-state index is -0.512. The molecule has 100 valence electrons. The van der Waals surface area contributed by atoms with Crippen molar-refractivity contribution in [2.75, 3.05) is 5.32 Å². The molecule has 0 aliphatic rings. The van der Waals surface area contributed by atoms with Crippen molar-refractivity contribution in [3.63, 3.8) is 0 Å². The molecule has 0 aliphatic heterocycles. The van der Waals surface area contributed by atoms with Gasteiger partial charge in [0.2, 0.25) is 0 Å². The van der Waals surface area contributed by atoms with Crippen molar-refractivity contribution in [2.24, 2.45) is 0 Å². The van der Waals surface area contributed by atoms with Crippen LogP contribution in [0.2, 0.25) is 0 Å². The molecule has 0 saturated carbocycles. The number of hydrogen-bond donors (Lipinski definition) is 1. The second kappa shape index (κ2) is 5.01. The second-order valence-electron chi connectivity index (χ2n) is 4.04. The lowest BCUT2D eigenvalue weighted by Crippen LogP contribution is -2.12. The Hall–Kier alpha value is -2.28. The molecule has 2 heterocycles. The van der Waals surface area contributed by atoms with Crippen LogP contribution < -0.4 is 5.32 Å². The van der Waals surface area contributed by atoms with Gasteiger partial charge in [-0.1, -0.05) is 15.9 Å². The Labute approximate surface area is 121 Å². The SMILES string of the molecule is O=C(Nc1ccc(Br)cc1F)c1cnn2ccncc12. The molecule has 0 spiro atoms. The summed E-state index contributed by atoms with van der Waals surface area (Å²) in [7, 11) is 0. The van der Waals surface area contributed by atoms with Crippen LogP contribution >= 0.6 is 15.9 Å². The fourth-order valence-corrected chi connectivity index (χ4v) is 2.12. The van der Waals surface area contributed by atoms with E-state index in [9.17, 15) is 9.18 Å². The van der Waals surface area contributed by atoms with E-state index in [0.717, 1.165) is 0 Å². The summed E-state index contributed by atoms with van der Waals surface area (Å²) in [6.45, 7) is 0. The molecule has 3 aromatic rings. The molecule has 0 saturated heterocycles. The van der Waals surface area contributed by atoms with Crippen LogP contribution in [0.4, 0.5) is 10.1 Å². The third-order valence-electron chi connectivity index (χ3n) is 2.75. The van der Waals surface area contributed by atoms with Gasteiger partial charge in [0, 0.05) is 16.9 Å². The number of anilines is 1. The predicted octanol–water partition coefficient (Wildman–Crippen LogP) is 2.88. The number of rotatable bonds is 2. The Bertz CT molecular complexity index is 802. The highest BCUT2D eigenvalue weighted by atomic mass is 79.9. The summed E-state index contributed by atoms with van der Waals surface area (Å²) in [5.74, 6) is -0.948. The van der Waals surface area contributed by atoms with Gasteiger partial charge in [-0.2, -0.15) is 5.10 Å². The number of aromatic nitrogens is 3. The molecule has 0 radical (unpaired) electrons. The van der Waals surface area contributed by atoms with Crippen molar-refractivity contribution >= 4 is 33.0 Å². The van der Waals surface area contributed by atoms with Gasteiger partial charge in [-0.05, 0) is 18.2 Å². The monoisotopic (exact) mass is 334 g/mol. The van der Waals surface area contributed by atoms with E-state index < -0.39 is 11.7 Å². The predicted molar refractivity (Wildman–Crippen MR) is 75.0 cm³/mol. The Morgan fingerprint density at radius 1 is 1.35 bits per heavy atom. The van der Waals surface area contributed by atoms with Gasteiger partial charge in [-0.3, -0.25) is 9.78 Å². The Balaban J connectivity index is 1.93. The first kappa shape index (κ1) is 12.7. The average molecular weight is 335 g/mol. The van der Waals surface area contributed by atoms with Gasteiger partial charge in [0.15, 0.2) is 0 Å². The number of fused-ring (bicyclic) bond motifs is 1. The van der Waals surface area contributed by atoms with Crippen LogP contribution in [-0.2, 0) is 0 Å². The van der Waals surface area contributed by atoms with Crippen LogP contribution in [0.25, 0.3) is 5.52 Å². The third kappa shape index (κ3) is 2.27. The standard InChI is InChI=1S/C13H8BrFN4O/c14-8-1-2-11(10(15)5-8)18-13(20)9-6-17-19-4-3-16-7-12(9)19/h1-7H,(H,18,20). The van der Waals surface area contributed by atoms with Crippen molar-refractivity contribution in [1.29, 1.82) is 0 Å². The molecule has 3 rings (SSSR count). The molecule has 0 bridgehead atoms. The van der Waals surface area contributed by atoms with Gasteiger partial charge in [0.25, 0.3) is 5.91 Å². The summed E-state index contributed by atoms with van der Waals surface area (Å²) in [5, 5.41) is 6.55. The van der Waals surface area contributed by atoms with E-state index in [-0.39, 0.29) is 5.69 Å². The van der Waals surface area contributed by atoms with Crippen molar-refractivity contribution in [2.45, 2.75) is 0 Å². The van der Waals surface area contributed by atoms with Crippen molar-refractivity contribution < 1.29 is 9.18 Å². The number of amides is 1. The second-order valence-corrected chi connectivity index (χ2v) is 4.96. The van der Waals surface area contributed by atoms with E-state index in [2.05, 4.69) is 31.3 Å². The number of nitrogens with one attached hydrogen (secondary N) is 1. The molecule has 5 nitrogen and oxygen atoms in total. The van der Waals surface area contributed by atoms with Crippen LogP contribution in [0.5, 0.6) is 0 Å². The lowest BCUT2D eigenvalue weighted by atomic mass is 10.2. The summed E-state index contributed by atoms with van der Waals surface area (Å²) in [5.41, 5.74) is 1.00.